The molecule has 0 fully saturated rings. The molecule has 0 spiro atoms. The summed E-state index contributed by atoms with van der Waals surface area (Å²) in [5.74, 6) is 1.64. The van der Waals surface area contributed by atoms with E-state index in [4.69, 9.17) is 9.79 Å². The fourth-order valence-corrected chi connectivity index (χ4v) is 5.81. The van der Waals surface area contributed by atoms with Crippen LogP contribution >= 0.6 is 17.9 Å². The molecule has 0 amide bonds. The second-order valence-electron chi connectivity index (χ2n) is 1.55. The molecular weight excluding hydrogens is 214 g/mol. The van der Waals surface area contributed by atoms with Gasteiger partial charge in [0.2, 0.25) is 0 Å². The molecule has 6 heteroatoms. The van der Waals surface area contributed by atoms with Gasteiger partial charge >= 0.3 is 51.4 Å². The summed E-state index contributed by atoms with van der Waals surface area (Å²) in [4.78, 5) is 18.0. The summed E-state index contributed by atoms with van der Waals surface area (Å²) in [6.07, 6.45) is 0. The topological polar surface area (TPSA) is 40.5 Å². The third-order valence-electron chi connectivity index (χ3n) is 1.01. The molecule has 2 N–H and O–H groups in total. The molecule has 10 heavy (non-hydrogen) atoms. The Morgan fingerprint density at radius 3 is 1.60 bits per heavy atom. The first-order valence-electron chi connectivity index (χ1n) is 2.77. The van der Waals surface area contributed by atoms with Crippen molar-refractivity contribution in [3.63, 3.8) is 0 Å². The predicted molar refractivity (Wildman–Crippen MR) is 55.9 cm³/mol. The molecule has 0 aliphatic carbocycles. The molecule has 0 heterocycles. The van der Waals surface area contributed by atoms with Gasteiger partial charge in [-0.2, -0.15) is 0 Å². The van der Waals surface area contributed by atoms with Gasteiger partial charge in [0.15, 0.2) is 5.69 Å². The van der Waals surface area contributed by atoms with Crippen molar-refractivity contribution in [2.45, 2.75) is 13.8 Å². The Labute approximate surface area is 112 Å². The fraction of sp³-hybridized carbons (Fsp3) is 1.00. The molecule has 0 aliphatic heterocycles. The third-order valence-corrected chi connectivity index (χ3v) is 8.74. The summed E-state index contributed by atoms with van der Waals surface area (Å²) in [5.41, 5.74) is -2.80. The van der Waals surface area contributed by atoms with E-state index >= 15 is 0 Å². The summed E-state index contributed by atoms with van der Waals surface area (Å²) in [6, 6.07) is 0. The van der Waals surface area contributed by atoms with Gasteiger partial charge in [-0.3, -0.25) is 0 Å². The number of rotatable bonds is 2. The van der Waals surface area contributed by atoms with Gasteiger partial charge in [0.05, 0.1) is 0 Å². The Bertz CT molecular complexity index is 130. The molecule has 0 atom stereocenters. The average molecular weight is 228 g/mol. The van der Waals surface area contributed by atoms with Crippen molar-refractivity contribution in [2.75, 3.05) is 11.5 Å². The number of hydrogen-bond acceptors (Lipinski definition) is 0. The zero-order chi connectivity index (χ0) is 7.49. The van der Waals surface area contributed by atoms with Crippen molar-refractivity contribution < 1.29 is 9.79 Å². The van der Waals surface area contributed by atoms with E-state index in [9.17, 15) is 0 Å². The second kappa shape index (κ2) is 7.12. The molecule has 0 rings (SSSR count). The first kappa shape index (κ1) is 15.2. The van der Waals surface area contributed by atoms with Crippen LogP contribution < -0.4 is 0 Å². The van der Waals surface area contributed by atoms with Crippen molar-refractivity contribution in [2.24, 2.45) is 0 Å². The van der Waals surface area contributed by atoms with Crippen LogP contribution in [0.15, 0.2) is 0 Å². The van der Waals surface area contributed by atoms with E-state index in [2.05, 4.69) is 12.2 Å². The Morgan fingerprint density at radius 2 is 1.60 bits per heavy atom. The minimum atomic E-state index is -2.80. The van der Waals surface area contributed by atoms with Gasteiger partial charge in [-0.15, -0.1) is 10.1 Å². The van der Waals surface area contributed by atoms with E-state index in [-0.39, 0.29) is 61.5 Å². The van der Waals surface area contributed by atoms with Crippen LogP contribution in [0.4, 0.5) is 0 Å². The molecule has 0 saturated heterocycles. The fourth-order valence-electron chi connectivity index (χ4n) is 0.551. The van der Waals surface area contributed by atoms with E-state index in [1.165, 1.54) is 0 Å². The van der Waals surface area contributed by atoms with E-state index in [0.717, 1.165) is 11.5 Å². The molecule has 0 aromatic carbocycles. The summed E-state index contributed by atoms with van der Waals surface area (Å²) >= 11 is 3.74. The summed E-state index contributed by atoms with van der Waals surface area (Å²) in [5, 5.41) is 0. The molecule has 0 radical (unpaired) electrons. The van der Waals surface area contributed by atoms with E-state index in [0.29, 0.717) is 0 Å². The van der Waals surface area contributed by atoms with Crippen LogP contribution in [-0.2, 0) is 10.1 Å². The van der Waals surface area contributed by atoms with Crippen molar-refractivity contribution in [1.29, 1.82) is 0 Å². The monoisotopic (exact) mass is 228 g/mol. The van der Waals surface area contributed by atoms with Crippen LogP contribution in [-0.4, -0.2) is 72.7 Å². The quantitative estimate of drug-likeness (QED) is 0.368. The average Bonchev–Trinajstić information content (AvgIpc) is 1.65. The van der Waals surface area contributed by atoms with Crippen LogP contribution in [0, 0.1) is 0 Å². The normalized spacial score (nSPS) is 11.4. The van der Waals surface area contributed by atoms with Crippen molar-refractivity contribution in [3.8, 4) is 0 Å². The van der Waals surface area contributed by atoms with Gasteiger partial charge in [-0.25, -0.2) is 0 Å². The molecular formula is C4H14KO2PS2. The zero-order valence-electron chi connectivity index (χ0n) is 5.61. The molecule has 0 unspecified atom stereocenters. The Balaban J connectivity index is 0. The van der Waals surface area contributed by atoms with E-state index in [1.807, 2.05) is 13.8 Å². The van der Waals surface area contributed by atoms with Crippen LogP contribution in [0.2, 0.25) is 0 Å². The first-order chi connectivity index (χ1) is 4.02. The SMILES string of the molecule is CCS(CC)=P(O)(O)S.[KH]. The van der Waals surface area contributed by atoms with Gasteiger partial charge in [-0.1, -0.05) is 26.1 Å². The van der Waals surface area contributed by atoms with E-state index < -0.39 is 5.69 Å². The summed E-state index contributed by atoms with van der Waals surface area (Å²) in [7, 11) is -0.269. The molecule has 0 saturated carbocycles. The van der Waals surface area contributed by atoms with Crippen LogP contribution in [0.1, 0.15) is 13.8 Å². The molecule has 0 aliphatic rings. The maximum atomic E-state index is 9.02. The Morgan fingerprint density at radius 1 is 1.30 bits per heavy atom. The first-order valence-corrected chi connectivity index (χ1v) is 7.79. The van der Waals surface area contributed by atoms with Gasteiger partial charge < -0.3 is 9.79 Å². The Hall–Kier alpha value is 2.69. The van der Waals surface area contributed by atoms with Crippen molar-refractivity contribution in [3.05, 3.63) is 0 Å². The van der Waals surface area contributed by atoms with Gasteiger partial charge in [0.1, 0.15) is 0 Å². The number of thiol groups is 1. The molecule has 2 nitrogen and oxygen atoms in total. The van der Waals surface area contributed by atoms with E-state index in [1.54, 1.807) is 0 Å². The second-order valence-corrected chi connectivity index (χ2v) is 10.2. The Kier molecular flexibility index (Phi) is 10.8. The third kappa shape index (κ3) is 6.23. The summed E-state index contributed by atoms with van der Waals surface area (Å²) < 4.78 is 0. The molecule has 0 aromatic heterocycles. The standard InChI is InChI=1S/C4H13O2PS2.K.H/c1-3-9(4-2)7(5,6)8;;/h5-6,8H,3-4H2,1-2H3;;. The van der Waals surface area contributed by atoms with Gasteiger partial charge in [-0.05, 0) is 11.5 Å². The van der Waals surface area contributed by atoms with Crippen LogP contribution in [0.5, 0.6) is 0 Å². The molecule has 60 valence electrons. The molecule has 0 bridgehead atoms. The maximum absolute atomic E-state index is 9.02. The minimum absolute atomic E-state index is 0. The van der Waals surface area contributed by atoms with Crippen molar-refractivity contribution >= 4 is 79.4 Å². The van der Waals surface area contributed by atoms with Gasteiger partial charge in [0, 0.05) is 0 Å². The number of hydrogen-bond donors (Lipinski definition) is 3. The van der Waals surface area contributed by atoms with Crippen LogP contribution in [0.25, 0.3) is 0 Å². The summed E-state index contributed by atoms with van der Waals surface area (Å²) in [6.45, 7) is 3.90. The van der Waals surface area contributed by atoms with Crippen molar-refractivity contribution in [1.82, 2.24) is 0 Å². The predicted octanol–water partition coefficient (Wildman–Crippen LogP) is 0.588. The molecule has 0 aromatic rings. The van der Waals surface area contributed by atoms with Gasteiger partial charge in [0.25, 0.3) is 0 Å². The van der Waals surface area contributed by atoms with Crippen LogP contribution in [0.3, 0.4) is 0 Å². The zero-order valence-corrected chi connectivity index (χ0v) is 8.22.